The van der Waals surface area contributed by atoms with E-state index in [1.54, 1.807) is 4.90 Å². The Kier molecular flexibility index (Phi) is 6.63. The number of carbonyl (C=O) groups is 3. The van der Waals surface area contributed by atoms with Crippen LogP contribution in [0.5, 0.6) is 0 Å². The molecule has 28 heavy (non-hydrogen) atoms. The van der Waals surface area contributed by atoms with E-state index in [1.165, 1.54) is 30.1 Å². The number of aromatic nitrogens is 2. The molecule has 1 fully saturated rings. The van der Waals surface area contributed by atoms with E-state index in [1.807, 2.05) is 37.3 Å². The van der Waals surface area contributed by atoms with E-state index in [0.717, 1.165) is 18.4 Å². The minimum atomic E-state index is -0.671. The highest BCUT2D eigenvalue weighted by Crippen LogP contribution is 2.41. The number of benzene rings is 1. The van der Waals surface area contributed by atoms with Crippen LogP contribution in [0, 0.1) is 0 Å². The molecular weight excluding hydrogens is 398 g/mol. The topological polar surface area (TPSA) is 104 Å². The van der Waals surface area contributed by atoms with E-state index in [2.05, 4.69) is 20.8 Å². The Labute approximate surface area is 171 Å². The fraction of sp³-hybridized carbons (Fsp3) is 0.389. The van der Waals surface area contributed by atoms with Crippen molar-refractivity contribution < 1.29 is 14.4 Å². The quantitative estimate of drug-likeness (QED) is 0.528. The zero-order valence-electron chi connectivity index (χ0n) is 15.5. The summed E-state index contributed by atoms with van der Waals surface area (Å²) in [7, 11) is 1.45. The van der Waals surface area contributed by atoms with Gasteiger partial charge in [0.15, 0.2) is 4.34 Å². The lowest BCUT2D eigenvalue weighted by Crippen LogP contribution is -2.39. The first-order valence-corrected chi connectivity index (χ1v) is 10.6. The van der Waals surface area contributed by atoms with Crippen molar-refractivity contribution in [1.29, 1.82) is 0 Å². The molecule has 1 heterocycles. The summed E-state index contributed by atoms with van der Waals surface area (Å²) in [5, 5.41) is 12.9. The lowest BCUT2D eigenvalue weighted by atomic mass is 10.1. The maximum absolute atomic E-state index is 12.6. The zero-order valence-corrected chi connectivity index (χ0v) is 17.2. The van der Waals surface area contributed by atoms with Crippen LogP contribution in [0.2, 0.25) is 0 Å². The van der Waals surface area contributed by atoms with Gasteiger partial charge in [0.2, 0.25) is 16.9 Å². The first-order chi connectivity index (χ1) is 13.5. The summed E-state index contributed by atoms with van der Waals surface area (Å²) in [6, 6.07) is 8.78. The van der Waals surface area contributed by atoms with Crippen LogP contribution in [-0.4, -0.2) is 41.1 Å². The van der Waals surface area contributed by atoms with Gasteiger partial charge in [-0.3, -0.25) is 19.8 Å². The average Bonchev–Trinajstić information content (AvgIpc) is 3.44. The van der Waals surface area contributed by atoms with Gasteiger partial charge in [0.25, 0.3) is 0 Å². The van der Waals surface area contributed by atoms with Gasteiger partial charge in [-0.1, -0.05) is 60.4 Å². The number of anilines is 1. The number of urea groups is 1. The normalized spacial score (nSPS) is 14.2. The Morgan fingerprint density at radius 1 is 1.25 bits per heavy atom. The van der Waals surface area contributed by atoms with E-state index >= 15 is 0 Å². The summed E-state index contributed by atoms with van der Waals surface area (Å²) >= 11 is 2.49. The smallest absolute Gasteiger partial charge is 0.321 e. The fourth-order valence-electron chi connectivity index (χ4n) is 2.56. The number of hydrogen-bond acceptors (Lipinski definition) is 7. The first-order valence-electron chi connectivity index (χ1n) is 8.93. The summed E-state index contributed by atoms with van der Waals surface area (Å²) in [5.41, 5.74) is 0.745. The standard InChI is InChI=1S/C18H21N5O3S2/c1-3-13(24)23(12-9-10-12)17-21-22-18(28-17)27-14(11-7-5-4-6-8-11)15(25)20-16(26)19-2/h4-8,12,14H,3,9-10H2,1-2H3,(H2,19,20,25,26)/t14-/m0/s1. The van der Waals surface area contributed by atoms with Gasteiger partial charge in [0.1, 0.15) is 5.25 Å². The number of amides is 4. The SMILES string of the molecule is CCC(=O)N(c1nnc(S[C@H](C(=O)NC(=O)NC)c2ccccc2)s1)C1CC1. The van der Waals surface area contributed by atoms with E-state index in [0.29, 0.717) is 15.9 Å². The molecule has 2 aromatic rings. The van der Waals surface area contributed by atoms with Crippen molar-refractivity contribution in [3.63, 3.8) is 0 Å². The highest BCUT2D eigenvalue weighted by molar-refractivity contribution is 8.01. The molecule has 2 N–H and O–H groups in total. The third kappa shape index (κ3) is 4.87. The molecule has 0 saturated heterocycles. The predicted molar refractivity (Wildman–Crippen MR) is 108 cm³/mol. The van der Waals surface area contributed by atoms with Crippen molar-refractivity contribution in [2.24, 2.45) is 0 Å². The first kappa shape index (κ1) is 20.3. The van der Waals surface area contributed by atoms with Crippen molar-refractivity contribution in [1.82, 2.24) is 20.8 Å². The molecule has 0 radical (unpaired) electrons. The highest BCUT2D eigenvalue weighted by atomic mass is 32.2. The molecule has 1 atom stereocenters. The number of carbonyl (C=O) groups excluding carboxylic acids is 3. The predicted octanol–water partition coefficient (Wildman–Crippen LogP) is 2.73. The Balaban J connectivity index is 1.81. The fourth-order valence-corrected chi connectivity index (χ4v) is 4.68. The Hall–Kier alpha value is -2.46. The molecule has 1 aliphatic rings. The van der Waals surface area contributed by atoms with Crippen LogP contribution in [0.3, 0.4) is 0 Å². The van der Waals surface area contributed by atoms with Crippen molar-refractivity contribution in [2.75, 3.05) is 11.9 Å². The maximum atomic E-state index is 12.6. The van der Waals surface area contributed by atoms with Gasteiger partial charge in [0.05, 0.1) is 0 Å². The monoisotopic (exact) mass is 419 g/mol. The molecule has 148 valence electrons. The largest absolute Gasteiger partial charge is 0.341 e. The molecule has 10 heteroatoms. The highest BCUT2D eigenvalue weighted by Gasteiger charge is 2.35. The molecule has 1 aliphatic carbocycles. The molecular formula is C18H21N5O3S2. The average molecular weight is 420 g/mol. The minimum absolute atomic E-state index is 0.0205. The molecule has 0 aliphatic heterocycles. The number of thioether (sulfide) groups is 1. The molecule has 0 unspecified atom stereocenters. The van der Waals surface area contributed by atoms with E-state index in [4.69, 9.17) is 0 Å². The number of nitrogens with one attached hydrogen (secondary N) is 2. The minimum Gasteiger partial charge on any atom is -0.341 e. The Morgan fingerprint density at radius 3 is 2.57 bits per heavy atom. The van der Waals surface area contributed by atoms with E-state index in [-0.39, 0.29) is 11.9 Å². The lowest BCUT2D eigenvalue weighted by Gasteiger charge is -2.17. The summed E-state index contributed by atoms with van der Waals surface area (Å²) in [5.74, 6) is -0.428. The van der Waals surface area contributed by atoms with Crippen LogP contribution in [0.1, 0.15) is 37.0 Å². The van der Waals surface area contributed by atoms with Crippen LogP contribution >= 0.6 is 23.1 Å². The van der Waals surface area contributed by atoms with Gasteiger partial charge in [0, 0.05) is 19.5 Å². The van der Waals surface area contributed by atoms with Crippen LogP contribution < -0.4 is 15.5 Å². The molecule has 3 rings (SSSR count). The lowest BCUT2D eigenvalue weighted by molar-refractivity contribution is -0.120. The van der Waals surface area contributed by atoms with Crippen molar-refractivity contribution in [3.8, 4) is 0 Å². The third-order valence-corrected chi connectivity index (χ3v) is 6.37. The van der Waals surface area contributed by atoms with Crippen molar-refractivity contribution >= 4 is 46.1 Å². The second-order valence-electron chi connectivity index (χ2n) is 6.18. The number of imide groups is 1. The molecule has 1 saturated carbocycles. The number of rotatable bonds is 7. The molecule has 0 bridgehead atoms. The summed E-state index contributed by atoms with van der Waals surface area (Å²) in [6.07, 6.45) is 2.34. The van der Waals surface area contributed by atoms with Crippen LogP contribution in [0.25, 0.3) is 0 Å². The maximum Gasteiger partial charge on any atom is 0.321 e. The number of hydrogen-bond donors (Lipinski definition) is 2. The summed E-state index contributed by atoms with van der Waals surface area (Å²) < 4.78 is 0.561. The molecule has 1 aromatic heterocycles. The Bertz CT molecular complexity index is 854. The summed E-state index contributed by atoms with van der Waals surface area (Å²) in [6.45, 7) is 1.82. The zero-order chi connectivity index (χ0) is 20.1. The van der Waals surface area contributed by atoms with Gasteiger partial charge in [-0.15, -0.1) is 10.2 Å². The van der Waals surface area contributed by atoms with Gasteiger partial charge in [-0.2, -0.15) is 0 Å². The number of nitrogens with zero attached hydrogens (tertiary/aromatic N) is 3. The third-order valence-electron chi connectivity index (χ3n) is 4.11. The van der Waals surface area contributed by atoms with E-state index < -0.39 is 17.2 Å². The van der Waals surface area contributed by atoms with Gasteiger partial charge in [-0.25, -0.2) is 4.79 Å². The Morgan fingerprint density at radius 2 is 1.96 bits per heavy atom. The molecule has 1 aromatic carbocycles. The van der Waals surface area contributed by atoms with Crippen LogP contribution in [0.4, 0.5) is 9.93 Å². The summed E-state index contributed by atoms with van der Waals surface area (Å²) in [4.78, 5) is 38.2. The van der Waals surface area contributed by atoms with Gasteiger partial charge in [-0.05, 0) is 18.4 Å². The van der Waals surface area contributed by atoms with Crippen LogP contribution in [0.15, 0.2) is 34.7 Å². The van der Waals surface area contributed by atoms with Crippen LogP contribution in [-0.2, 0) is 9.59 Å². The molecule has 4 amide bonds. The van der Waals surface area contributed by atoms with Crippen molar-refractivity contribution in [3.05, 3.63) is 35.9 Å². The second-order valence-corrected chi connectivity index (χ2v) is 8.48. The second kappa shape index (κ2) is 9.16. The van der Waals surface area contributed by atoms with Gasteiger partial charge >= 0.3 is 6.03 Å². The van der Waals surface area contributed by atoms with Gasteiger partial charge < -0.3 is 5.32 Å². The van der Waals surface area contributed by atoms with E-state index in [9.17, 15) is 14.4 Å². The molecule has 8 nitrogen and oxygen atoms in total. The molecule has 0 spiro atoms. The van der Waals surface area contributed by atoms with Crippen molar-refractivity contribution in [2.45, 2.75) is 41.8 Å².